The van der Waals surface area contributed by atoms with Gasteiger partial charge in [0, 0.05) is 45.1 Å². The third-order valence-electron chi connectivity index (χ3n) is 4.88. The van der Waals surface area contributed by atoms with Gasteiger partial charge in [0.25, 0.3) is 0 Å². The minimum Gasteiger partial charge on any atom is -0.339 e. The van der Waals surface area contributed by atoms with Crippen molar-refractivity contribution in [1.82, 2.24) is 20.1 Å². The first-order valence-corrected chi connectivity index (χ1v) is 8.33. The Balaban J connectivity index is 1.52. The summed E-state index contributed by atoms with van der Waals surface area (Å²) in [6.07, 6.45) is 7.02. The Bertz CT molecular complexity index is 491. The van der Waals surface area contributed by atoms with Gasteiger partial charge in [-0.15, -0.1) is 0 Å². The predicted molar refractivity (Wildman–Crippen MR) is 86.4 cm³/mol. The number of amides is 1. The standard InChI is InChI=1S/C17H26N4O/c1-17(6-2-3-8-19-17)16(22)21-11-9-20(10-12-21)14-15-5-4-7-18-13-15/h4-5,7,13,19H,2-3,6,8-12,14H2,1H3. The van der Waals surface area contributed by atoms with Crippen LogP contribution < -0.4 is 5.32 Å². The normalized spacial score (nSPS) is 26.9. The van der Waals surface area contributed by atoms with E-state index in [9.17, 15) is 4.79 Å². The van der Waals surface area contributed by atoms with Gasteiger partial charge in [0.15, 0.2) is 0 Å². The maximum absolute atomic E-state index is 12.8. The molecule has 2 aliphatic heterocycles. The van der Waals surface area contributed by atoms with Gasteiger partial charge < -0.3 is 10.2 Å². The Morgan fingerprint density at radius 3 is 2.77 bits per heavy atom. The van der Waals surface area contributed by atoms with Crippen molar-refractivity contribution >= 4 is 5.91 Å². The lowest BCUT2D eigenvalue weighted by Gasteiger charge is -2.41. The molecule has 120 valence electrons. The molecule has 1 aromatic rings. The molecule has 3 rings (SSSR count). The van der Waals surface area contributed by atoms with Gasteiger partial charge in [-0.05, 0) is 44.4 Å². The van der Waals surface area contributed by atoms with E-state index in [1.807, 2.05) is 17.2 Å². The number of aromatic nitrogens is 1. The highest BCUT2D eigenvalue weighted by molar-refractivity contribution is 5.86. The molecule has 0 spiro atoms. The van der Waals surface area contributed by atoms with Crippen LogP contribution in [0.5, 0.6) is 0 Å². The number of nitrogens with one attached hydrogen (secondary N) is 1. The number of hydrogen-bond acceptors (Lipinski definition) is 4. The number of hydrogen-bond donors (Lipinski definition) is 1. The number of carbonyl (C=O) groups is 1. The van der Waals surface area contributed by atoms with Crippen LogP contribution in [0, 0.1) is 0 Å². The fourth-order valence-electron chi connectivity index (χ4n) is 3.45. The van der Waals surface area contributed by atoms with Crippen molar-refractivity contribution in [1.29, 1.82) is 0 Å². The molecule has 1 atom stereocenters. The van der Waals surface area contributed by atoms with Crippen molar-refractivity contribution in [3.63, 3.8) is 0 Å². The third-order valence-corrected chi connectivity index (χ3v) is 4.88. The fraction of sp³-hybridized carbons (Fsp3) is 0.647. The van der Waals surface area contributed by atoms with E-state index in [0.29, 0.717) is 0 Å². The lowest BCUT2D eigenvalue weighted by atomic mass is 9.89. The van der Waals surface area contributed by atoms with Crippen molar-refractivity contribution in [3.05, 3.63) is 30.1 Å². The minimum absolute atomic E-state index is 0.285. The highest BCUT2D eigenvalue weighted by Gasteiger charge is 2.38. The van der Waals surface area contributed by atoms with Gasteiger partial charge in [-0.3, -0.25) is 14.7 Å². The van der Waals surface area contributed by atoms with Gasteiger partial charge in [-0.1, -0.05) is 6.07 Å². The SMILES string of the molecule is CC1(C(=O)N2CCN(Cc3cccnc3)CC2)CCCCN1. The van der Waals surface area contributed by atoms with Gasteiger partial charge >= 0.3 is 0 Å². The molecule has 1 N–H and O–H groups in total. The summed E-state index contributed by atoms with van der Waals surface area (Å²) in [5.41, 5.74) is 0.896. The van der Waals surface area contributed by atoms with Crippen LogP contribution in [0.4, 0.5) is 0 Å². The molecule has 0 bridgehead atoms. The van der Waals surface area contributed by atoms with Crippen LogP contribution in [0.1, 0.15) is 31.7 Å². The first-order chi connectivity index (χ1) is 10.7. The van der Waals surface area contributed by atoms with Crippen LogP contribution in [-0.4, -0.2) is 59.0 Å². The van der Waals surface area contributed by atoms with E-state index >= 15 is 0 Å². The van der Waals surface area contributed by atoms with Gasteiger partial charge in [-0.2, -0.15) is 0 Å². The number of piperidine rings is 1. The second-order valence-corrected chi connectivity index (χ2v) is 6.65. The van der Waals surface area contributed by atoms with Crippen LogP contribution in [0.2, 0.25) is 0 Å². The highest BCUT2D eigenvalue weighted by Crippen LogP contribution is 2.22. The predicted octanol–water partition coefficient (Wildman–Crippen LogP) is 1.26. The van der Waals surface area contributed by atoms with E-state index in [4.69, 9.17) is 0 Å². The molecular weight excluding hydrogens is 276 g/mol. The Morgan fingerprint density at radius 2 is 2.14 bits per heavy atom. The largest absolute Gasteiger partial charge is 0.339 e. The maximum atomic E-state index is 12.8. The van der Waals surface area contributed by atoms with Crippen molar-refractivity contribution in [2.24, 2.45) is 0 Å². The van der Waals surface area contributed by atoms with E-state index in [-0.39, 0.29) is 11.4 Å². The smallest absolute Gasteiger partial charge is 0.242 e. The topological polar surface area (TPSA) is 48.5 Å². The highest BCUT2D eigenvalue weighted by atomic mass is 16.2. The molecule has 1 unspecified atom stereocenters. The Morgan fingerprint density at radius 1 is 1.32 bits per heavy atom. The van der Waals surface area contributed by atoms with E-state index in [0.717, 1.165) is 52.1 Å². The molecule has 0 radical (unpaired) electrons. The van der Waals surface area contributed by atoms with E-state index in [1.54, 1.807) is 6.20 Å². The molecule has 0 saturated carbocycles. The lowest BCUT2D eigenvalue weighted by Crippen LogP contribution is -2.61. The molecule has 1 aromatic heterocycles. The van der Waals surface area contributed by atoms with Gasteiger partial charge in [0.05, 0.1) is 5.54 Å². The van der Waals surface area contributed by atoms with Crippen molar-refractivity contribution in [3.8, 4) is 0 Å². The Hall–Kier alpha value is -1.46. The minimum atomic E-state index is -0.343. The van der Waals surface area contributed by atoms with Crippen LogP contribution >= 0.6 is 0 Å². The fourth-order valence-corrected chi connectivity index (χ4v) is 3.45. The third kappa shape index (κ3) is 3.47. The average Bonchev–Trinajstić information content (AvgIpc) is 2.56. The number of piperazine rings is 1. The average molecular weight is 302 g/mol. The zero-order chi connectivity index (χ0) is 15.4. The molecule has 5 heteroatoms. The molecule has 2 fully saturated rings. The zero-order valence-corrected chi connectivity index (χ0v) is 13.4. The number of pyridine rings is 1. The van der Waals surface area contributed by atoms with Gasteiger partial charge in [-0.25, -0.2) is 0 Å². The summed E-state index contributed by atoms with van der Waals surface area (Å²) >= 11 is 0. The van der Waals surface area contributed by atoms with E-state index in [2.05, 4.69) is 28.2 Å². The first-order valence-electron chi connectivity index (χ1n) is 8.33. The molecular formula is C17H26N4O. The van der Waals surface area contributed by atoms with Crippen LogP contribution in [0.25, 0.3) is 0 Å². The van der Waals surface area contributed by atoms with Gasteiger partial charge in [0.1, 0.15) is 0 Å². The summed E-state index contributed by atoms with van der Waals surface area (Å²) in [6.45, 7) is 7.49. The van der Waals surface area contributed by atoms with Crippen molar-refractivity contribution < 1.29 is 4.79 Å². The first kappa shape index (κ1) is 15.4. The van der Waals surface area contributed by atoms with Crippen LogP contribution in [0.3, 0.4) is 0 Å². The summed E-state index contributed by atoms with van der Waals surface area (Å²) in [4.78, 5) is 21.4. The second kappa shape index (κ2) is 6.75. The molecule has 1 amide bonds. The summed E-state index contributed by atoms with van der Waals surface area (Å²) in [5, 5.41) is 3.43. The van der Waals surface area contributed by atoms with Gasteiger partial charge in [0.2, 0.25) is 5.91 Å². The monoisotopic (exact) mass is 302 g/mol. The van der Waals surface area contributed by atoms with E-state index < -0.39 is 0 Å². The van der Waals surface area contributed by atoms with Crippen molar-refractivity contribution in [2.75, 3.05) is 32.7 Å². The van der Waals surface area contributed by atoms with Crippen LogP contribution in [0.15, 0.2) is 24.5 Å². The molecule has 3 heterocycles. The number of nitrogens with zero attached hydrogens (tertiary/aromatic N) is 3. The number of carbonyl (C=O) groups excluding carboxylic acids is 1. The molecule has 0 aromatic carbocycles. The lowest BCUT2D eigenvalue weighted by molar-refractivity contribution is -0.140. The molecule has 2 aliphatic rings. The quantitative estimate of drug-likeness (QED) is 0.913. The molecule has 22 heavy (non-hydrogen) atoms. The van der Waals surface area contributed by atoms with E-state index in [1.165, 1.54) is 12.0 Å². The summed E-state index contributed by atoms with van der Waals surface area (Å²) in [6, 6.07) is 4.09. The van der Waals surface area contributed by atoms with Crippen molar-refractivity contribution in [2.45, 2.75) is 38.3 Å². The second-order valence-electron chi connectivity index (χ2n) is 6.65. The summed E-state index contributed by atoms with van der Waals surface area (Å²) in [5.74, 6) is 0.285. The molecule has 5 nitrogen and oxygen atoms in total. The molecule has 2 saturated heterocycles. The Labute approximate surface area is 132 Å². The zero-order valence-electron chi connectivity index (χ0n) is 13.4. The maximum Gasteiger partial charge on any atom is 0.242 e. The summed E-state index contributed by atoms with van der Waals surface area (Å²) in [7, 11) is 0. The molecule has 0 aliphatic carbocycles. The summed E-state index contributed by atoms with van der Waals surface area (Å²) < 4.78 is 0. The van der Waals surface area contributed by atoms with Crippen LogP contribution in [-0.2, 0) is 11.3 Å². The number of rotatable bonds is 3. The Kier molecular flexibility index (Phi) is 4.74.